The number of carbonyl (C=O) groups is 1. The first-order valence-electron chi connectivity index (χ1n) is 7.62. The van der Waals surface area contributed by atoms with Gasteiger partial charge in [-0.1, -0.05) is 20.3 Å². The molecule has 0 saturated heterocycles. The summed E-state index contributed by atoms with van der Waals surface area (Å²) >= 11 is 0. The second-order valence-corrected chi connectivity index (χ2v) is 5.21. The van der Waals surface area contributed by atoms with Crippen LogP contribution < -0.4 is 10.6 Å². The van der Waals surface area contributed by atoms with E-state index in [0.29, 0.717) is 12.2 Å². The fraction of sp³-hybridized carbons (Fsp3) is 0.625. The third-order valence-corrected chi connectivity index (χ3v) is 3.19. The first-order chi connectivity index (χ1) is 10.1. The summed E-state index contributed by atoms with van der Waals surface area (Å²) in [6, 6.07) is 1.95. The molecular formula is C16H27N3O2. The van der Waals surface area contributed by atoms with Crippen LogP contribution in [-0.2, 0) is 4.74 Å². The van der Waals surface area contributed by atoms with Crippen molar-refractivity contribution in [3.05, 3.63) is 23.5 Å². The Hall–Kier alpha value is -1.62. The maximum Gasteiger partial charge on any atom is 0.255 e. The molecule has 5 nitrogen and oxygen atoms in total. The smallest absolute Gasteiger partial charge is 0.255 e. The highest BCUT2D eigenvalue weighted by Gasteiger charge is 2.16. The van der Waals surface area contributed by atoms with Crippen LogP contribution in [0, 0.1) is 6.92 Å². The summed E-state index contributed by atoms with van der Waals surface area (Å²) in [6.45, 7) is 7.47. The Morgan fingerprint density at radius 1 is 1.38 bits per heavy atom. The number of ether oxygens (including phenoxy) is 1. The fourth-order valence-corrected chi connectivity index (χ4v) is 2.16. The molecular weight excluding hydrogens is 266 g/mol. The quantitative estimate of drug-likeness (QED) is 0.735. The van der Waals surface area contributed by atoms with Gasteiger partial charge in [-0.25, -0.2) is 0 Å². The van der Waals surface area contributed by atoms with Crippen molar-refractivity contribution in [2.75, 3.05) is 25.6 Å². The molecule has 1 amide bonds. The molecule has 118 valence electrons. The number of amides is 1. The van der Waals surface area contributed by atoms with Gasteiger partial charge in [-0.15, -0.1) is 0 Å². The van der Waals surface area contributed by atoms with Gasteiger partial charge >= 0.3 is 0 Å². The molecule has 1 atom stereocenters. The van der Waals surface area contributed by atoms with Crippen LogP contribution in [0.15, 0.2) is 12.3 Å². The number of hydrogen-bond donors (Lipinski definition) is 2. The molecule has 0 saturated carbocycles. The molecule has 21 heavy (non-hydrogen) atoms. The van der Waals surface area contributed by atoms with Crippen LogP contribution >= 0.6 is 0 Å². The second-order valence-electron chi connectivity index (χ2n) is 5.21. The highest BCUT2D eigenvalue weighted by molar-refractivity contribution is 5.99. The lowest BCUT2D eigenvalue weighted by atomic mass is 10.1. The molecule has 1 aromatic heterocycles. The van der Waals surface area contributed by atoms with E-state index in [4.69, 9.17) is 4.74 Å². The summed E-state index contributed by atoms with van der Waals surface area (Å²) in [5, 5.41) is 6.32. The van der Waals surface area contributed by atoms with Gasteiger partial charge in [0.2, 0.25) is 0 Å². The molecule has 0 fully saturated rings. The van der Waals surface area contributed by atoms with Crippen molar-refractivity contribution in [1.29, 1.82) is 0 Å². The topological polar surface area (TPSA) is 63.2 Å². The molecule has 0 aliphatic carbocycles. The molecule has 0 radical (unpaired) electrons. The average molecular weight is 293 g/mol. The monoisotopic (exact) mass is 293 g/mol. The first kappa shape index (κ1) is 17.4. The maximum atomic E-state index is 12.5. The zero-order valence-corrected chi connectivity index (χ0v) is 13.5. The van der Waals surface area contributed by atoms with Crippen molar-refractivity contribution in [3.8, 4) is 0 Å². The lowest BCUT2D eigenvalue weighted by molar-refractivity contribution is 0.0892. The molecule has 0 aromatic carbocycles. The van der Waals surface area contributed by atoms with E-state index in [0.717, 1.165) is 37.2 Å². The van der Waals surface area contributed by atoms with Crippen LogP contribution in [0.4, 0.5) is 5.69 Å². The minimum absolute atomic E-state index is 0.0350. The molecule has 0 bridgehead atoms. The lowest BCUT2D eigenvalue weighted by Gasteiger charge is -2.18. The van der Waals surface area contributed by atoms with Gasteiger partial charge in [0.1, 0.15) is 0 Å². The highest BCUT2D eigenvalue weighted by atomic mass is 16.5. The van der Waals surface area contributed by atoms with Crippen molar-refractivity contribution < 1.29 is 9.53 Å². The Balaban J connectivity index is 2.84. The number of hydrogen-bond acceptors (Lipinski definition) is 4. The predicted molar refractivity (Wildman–Crippen MR) is 85.8 cm³/mol. The molecule has 0 aliphatic rings. The number of nitrogens with zero attached hydrogens (tertiary/aromatic N) is 1. The van der Waals surface area contributed by atoms with Gasteiger partial charge in [0.05, 0.1) is 23.9 Å². The summed E-state index contributed by atoms with van der Waals surface area (Å²) in [5.41, 5.74) is 2.33. The molecule has 5 heteroatoms. The van der Waals surface area contributed by atoms with Gasteiger partial charge in [0.25, 0.3) is 5.91 Å². The van der Waals surface area contributed by atoms with Crippen molar-refractivity contribution >= 4 is 11.6 Å². The Labute approximate surface area is 127 Å². The number of aromatic nitrogens is 1. The standard InChI is InChI=1S/C16H27N3O2/c1-5-7-13(11-21-4)19-16(20)14-10-18-12(3)9-15(14)17-8-6-2/h9-10,13H,5-8,11H2,1-4H3,(H,17,18)(H,19,20). The van der Waals surface area contributed by atoms with E-state index in [2.05, 4.69) is 29.5 Å². The van der Waals surface area contributed by atoms with Crippen LogP contribution in [0.1, 0.15) is 49.2 Å². The average Bonchev–Trinajstić information content (AvgIpc) is 2.45. The van der Waals surface area contributed by atoms with Crippen molar-refractivity contribution in [3.63, 3.8) is 0 Å². The van der Waals surface area contributed by atoms with E-state index in [1.54, 1.807) is 13.3 Å². The van der Waals surface area contributed by atoms with E-state index in [1.807, 2.05) is 13.0 Å². The van der Waals surface area contributed by atoms with Crippen LogP contribution in [0.25, 0.3) is 0 Å². The Morgan fingerprint density at radius 2 is 2.14 bits per heavy atom. The summed E-state index contributed by atoms with van der Waals surface area (Å²) in [7, 11) is 1.65. The summed E-state index contributed by atoms with van der Waals surface area (Å²) < 4.78 is 5.16. The zero-order valence-electron chi connectivity index (χ0n) is 13.5. The number of rotatable bonds is 9. The van der Waals surface area contributed by atoms with Crippen LogP contribution in [0.2, 0.25) is 0 Å². The molecule has 0 spiro atoms. The number of anilines is 1. The second kappa shape index (κ2) is 9.34. The Bertz CT molecular complexity index is 443. The third kappa shape index (κ3) is 5.71. The van der Waals surface area contributed by atoms with E-state index in [-0.39, 0.29) is 11.9 Å². The molecule has 1 aromatic rings. The van der Waals surface area contributed by atoms with Crippen molar-refractivity contribution in [1.82, 2.24) is 10.3 Å². The van der Waals surface area contributed by atoms with E-state index in [9.17, 15) is 4.79 Å². The van der Waals surface area contributed by atoms with Gasteiger partial charge in [-0.2, -0.15) is 0 Å². The Morgan fingerprint density at radius 3 is 2.76 bits per heavy atom. The molecule has 1 heterocycles. The summed E-state index contributed by atoms with van der Waals surface area (Å²) in [6.07, 6.45) is 4.54. The Kier molecular flexibility index (Phi) is 7.75. The zero-order chi connectivity index (χ0) is 15.7. The number of pyridine rings is 1. The largest absolute Gasteiger partial charge is 0.384 e. The van der Waals surface area contributed by atoms with E-state index in [1.165, 1.54) is 0 Å². The molecule has 1 unspecified atom stereocenters. The fourth-order valence-electron chi connectivity index (χ4n) is 2.16. The maximum absolute atomic E-state index is 12.5. The molecule has 2 N–H and O–H groups in total. The normalized spacial score (nSPS) is 12.0. The SMILES string of the molecule is CCCNc1cc(C)ncc1C(=O)NC(CCC)COC. The first-order valence-corrected chi connectivity index (χ1v) is 7.62. The predicted octanol–water partition coefficient (Wildman–Crippen LogP) is 2.76. The summed E-state index contributed by atoms with van der Waals surface area (Å²) in [5.74, 6) is -0.100. The van der Waals surface area contributed by atoms with Crippen LogP contribution in [0.3, 0.4) is 0 Å². The van der Waals surface area contributed by atoms with Crippen LogP contribution in [-0.4, -0.2) is 37.2 Å². The molecule has 1 rings (SSSR count). The minimum Gasteiger partial charge on any atom is -0.384 e. The van der Waals surface area contributed by atoms with Crippen LogP contribution in [0.5, 0.6) is 0 Å². The number of aryl methyl sites for hydroxylation is 1. The van der Waals surface area contributed by atoms with E-state index < -0.39 is 0 Å². The van der Waals surface area contributed by atoms with E-state index >= 15 is 0 Å². The summed E-state index contributed by atoms with van der Waals surface area (Å²) in [4.78, 5) is 16.7. The minimum atomic E-state index is -0.100. The molecule has 0 aliphatic heterocycles. The van der Waals surface area contributed by atoms with Gasteiger partial charge in [0.15, 0.2) is 0 Å². The van der Waals surface area contributed by atoms with Gasteiger partial charge in [-0.05, 0) is 25.8 Å². The number of carbonyl (C=O) groups excluding carboxylic acids is 1. The lowest BCUT2D eigenvalue weighted by Crippen LogP contribution is -2.38. The van der Waals surface area contributed by atoms with Gasteiger partial charge in [0, 0.05) is 25.5 Å². The third-order valence-electron chi connectivity index (χ3n) is 3.19. The number of methoxy groups -OCH3 is 1. The number of nitrogens with one attached hydrogen (secondary N) is 2. The highest BCUT2D eigenvalue weighted by Crippen LogP contribution is 2.16. The van der Waals surface area contributed by atoms with Crippen molar-refractivity contribution in [2.24, 2.45) is 0 Å². The van der Waals surface area contributed by atoms with Crippen molar-refractivity contribution in [2.45, 2.75) is 46.1 Å². The van der Waals surface area contributed by atoms with Gasteiger partial charge in [-0.3, -0.25) is 9.78 Å². The van der Waals surface area contributed by atoms with Gasteiger partial charge < -0.3 is 15.4 Å².